The number of ether oxygens (including phenoxy) is 1. The first-order chi connectivity index (χ1) is 9.26. The highest BCUT2D eigenvalue weighted by molar-refractivity contribution is 9.11. The molecule has 0 aromatic heterocycles. The number of alkyl halides is 3. The van der Waals surface area contributed by atoms with E-state index < -0.39 is 17.8 Å². The van der Waals surface area contributed by atoms with Crippen molar-refractivity contribution in [2.45, 2.75) is 6.36 Å². The number of hydrogen-bond donors (Lipinski definition) is 1. The maximum Gasteiger partial charge on any atom is 0.573 e. The molecule has 0 aliphatic carbocycles. The van der Waals surface area contributed by atoms with Gasteiger partial charge in [-0.1, -0.05) is 0 Å². The summed E-state index contributed by atoms with van der Waals surface area (Å²) in [6.07, 6.45) is -4.80. The molecule has 1 rings (SSSR count). The molecule has 0 saturated carbocycles. The molecule has 0 unspecified atom stereocenters. The third-order valence-electron chi connectivity index (χ3n) is 1.74. The molecule has 0 atom stereocenters. The molecule has 0 spiro atoms. The van der Waals surface area contributed by atoms with Crippen LogP contribution in [-0.2, 0) is 0 Å². The van der Waals surface area contributed by atoms with Gasteiger partial charge < -0.3 is 4.74 Å². The number of halogens is 5. The van der Waals surface area contributed by atoms with E-state index in [0.717, 1.165) is 12.1 Å². The summed E-state index contributed by atoms with van der Waals surface area (Å²) in [6.45, 7) is 0. The van der Waals surface area contributed by atoms with E-state index in [1.54, 1.807) is 0 Å². The predicted molar refractivity (Wildman–Crippen MR) is 70.8 cm³/mol. The van der Waals surface area contributed by atoms with E-state index in [2.05, 4.69) is 47.1 Å². The van der Waals surface area contributed by atoms with E-state index in [9.17, 15) is 13.2 Å². The fourth-order valence-corrected chi connectivity index (χ4v) is 2.36. The standard InChI is InChI=1S/C10H3Br2F3N4O/c11-7-1-6(20-10(13,14)15)2-8(12)9(7)19-18-5(3-16)4-17/h1-2,19H. The number of hydrazone groups is 1. The molecule has 0 fully saturated rings. The maximum absolute atomic E-state index is 12.1. The van der Waals surface area contributed by atoms with Gasteiger partial charge in [-0.2, -0.15) is 15.6 Å². The number of nitrogens with one attached hydrogen (secondary N) is 1. The van der Waals surface area contributed by atoms with Gasteiger partial charge in [0.2, 0.25) is 5.71 Å². The monoisotopic (exact) mass is 410 g/mol. The van der Waals surface area contributed by atoms with Gasteiger partial charge in [0.05, 0.1) is 5.69 Å². The zero-order valence-corrected chi connectivity index (χ0v) is 12.5. The molecule has 10 heteroatoms. The number of rotatable bonds is 3. The molecule has 0 radical (unpaired) electrons. The zero-order chi connectivity index (χ0) is 15.3. The molecule has 1 aromatic rings. The highest BCUT2D eigenvalue weighted by Crippen LogP contribution is 2.37. The van der Waals surface area contributed by atoms with Crippen LogP contribution >= 0.6 is 31.9 Å². The lowest BCUT2D eigenvalue weighted by atomic mass is 10.3. The molecule has 1 N–H and O–H groups in total. The second kappa shape index (κ2) is 6.59. The van der Waals surface area contributed by atoms with Crippen LogP contribution in [0.5, 0.6) is 5.75 Å². The SMILES string of the molecule is N#CC(C#N)=NNc1c(Br)cc(OC(F)(F)F)cc1Br. The summed E-state index contributed by atoms with van der Waals surface area (Å²) >= 11 is 6.05. The highest BCUT2D eigenvalue weighted by Gasteiger charge is 2.31. The van der Waals surface area contributed by atoms with Crippen molar-refractivity contribution in [1.29, 1.82) is 10.5 Å². The van der Waals surface area contributed by atoms with Crippen molar-refractivity contribution in [2.24, 2.45) is 5.10 Å². The average molecular weight is 412 g/mol. The van der Waals surface area contributed by atoms with E-state index in [4.69, 9.17) is 10.5 Å². The Bertz CT molecular complexity index is 592. The van der Waals surface area contributed by atoms with Gasteiger partial charge in [-0.3, -0.25) is 5.43 Å². The van der Waals surface area contributed by atoms with Gasteiger partial charge in [0.15, 0.2) is 0 Å². The van der Waals surface area contributed by atoms with E-state index in [-0.39, 0.29) is 14.6 Å². The van der Waals surface area contributed by atoms with Gasteiger partial charge in [-0.25, -0.2) is 0 Å². The molecule has 104 valence electrons. The number of nitrogens with zero attached hydrogens (tertiary/aromatic N) is 3. The Kier molecular flexibility index (Phi) is 5.36. The Balaban J connectivity index is 3.05. The first-order valence-corrected chi connectivity index (χ1v) is 6.24. The molecule has 0 aliphatic rings. The van der Waals surface area contributed by atoms with E-state index in [1.807, 2.05) is 0 Å². The number of nitriles is 2. The minimum Gasteiger partial charge on any atom is -0.406 e. The number of anilines is 1. The molecular weight excluding hydrogens is 409 g/mol. The minimum absolute atomic E-state index is 0.199. The summed E-state index contributed by atoms with van der Waals surface area (Å²) in [4.78, 5) is 0. The smallest absolute Gasteiger partial charge is 0.406 e. The lowest BCUT2D eigenvalue weighted by Crippen LogP contribution is -2.17. The first kappa shape index (κ1) is 16.3. The second-order valence-corrected chi connectivity index (χ2v) is 4.81. The summed E-state index contributed by atoms with van der Waals surface area (Å²) in [5.41, 5.74) is 2.19. The molecule has 0 bridgehead atoms. The highest BCUT2D eigenvalue weighted by atomic mass is 79.9. The minimum atomic E-state index is -4.80. The molecule has 0 aliphatic heterocycles. The summed E-state index contributed by atoms with van der Waals surface area (Å²) in [5, 5.41) is 20.5. The van der Waals surface area contributed by atoms with Gasteiger partial charge in [0.1, 0.15) is 17.9 Å². The van der Waals surface area contributed by atoms with Crippen molar-refractivity contribution in [3.8, 4) is 17.9 Å². The van der Waals surface area contributed by atoms with Crippen molar-refractivity contribution in [3.63, 3.8) is 0 Å². The van der Waals surface area contributed by atoms with Crippen molar-refractivity contribution in [3.05, 3.63) is 21.1 Å². The largest absolute Gasteiger partial charge is 0.573 e. The van der Waals surface area contributed by atoms with Crippen LogP contribution in [0, 0.1) is 22.7 Å². The Hall–Kier alpha value is -1.78. The molecule has 1 aromatic carbocycles. The molecule has 0 heterocycles. The van der Waals surface area contributed by atoms with Crippen LogP contribution in [0.4, 0.5) is 18.9 Å². The van der Waals surface area contributed by atoms with E-state index >= 15 is 0 Å². The molecule has 0 saturated heterocycles. The van der Waals surface area contributed by atoms with Crippen molar-refractivity contribution in [2.75, 3.05) is 5.43 Å². The molecule has 0 amide bonds. The van der Waals surface area contributed by atoms with Crippen LogP contribution in [0.25, 0.3) is 0 Å². The third kappa shape index (κ3) is 4.72. The van der Waals surface area contributed by atoms with Crippen molar-refractivity contribution < 1.29 is 17.9 Å². The van der Waals surface area contributed by atoms with Gasteiger partial charge in [0.25, 0.3) is 0 Å². The van der Waals surface area contributed by atoms with Gasteiger partial charge in [-0.15, -0.1) is 13.2 Å². The normalized spacial score (nSPS) is 10.2. The Morgan fingerprint density at radius 2 is 1.70 bits per heavy atom. The van der Waals surface area contributed by atoms with E-state index in [0.29, 0.717) is 0 Å². The van der Waals surface area contributed by atoms with Gasteiger partial charge in [0, 0.05) is 8.95 Å². The molecular formula is C10H3Br2F3N4O. The van der Waals surface area contributed by atoms with Gasteiger partial charge >= 0.3 is 6.36 Å². The molecule has 20 heavy (non-hydrogen) atoms. The number of benzene rings is 1. The fraction of sp³-hybridized carbons (Fsp3) is 0.100. The second-order valence-electron chi connectivity index (χ2n) is 3.11. The Morgan fingerprint density at radius 3 is 2.10 bits per heavy atom. The predicted octanol–water partition coefficient (Wildman–Crippen LogP) is 3.93. The zero-order valence-electron chi connectivity index (χ0n) is 9.29. The number of hydrogen-bond acceptors (Lipinski definition) is 5. The van der Waals surface area contributed by atoms with Crippen LogP contribution in [0.15, 0.2) is 26.2 Å². The lowest BCUT2D eigenvalue weighted by molar-refractivity contribution is -0.274. The topological polar surface area (TPSA) is 81.2 Å². The summed E-state index contributed by atoms with van der Waals surface area (Å²) in [5.74, 6) is -0.438. The maximum atomic E-state index is 12.1. The van der Waals surface area contributed by atoms with E-state index in [1.165, 1.54) is 12.1 Å². The molecule has 5 nitrogen and oxygen atoms in total. The quantitative estimate of drug-likeness (QED) is 0.603. The first-order valence-electron chi connectivity index (χ1n) is 4.65. The summed E-state index contributed by atoms with van der Waals surface area (Å²) < 4.78 is 40.4. The lowest BCUT2D eigenvalue weighted by Gasteiger charge is -2.12. The van der Waals surface area contributed by atoms with Crippen LogP contribution in [-0.4, -0.2) is 12.1 Å². The summed E-state index contributed by atoms with van der Waals surface area (Å²) in [6, 6.07) is 5.18. The van der Waals surface area contributed by atoms with Crippen LogP contribution in [0.2, 0.25) is 0 Å². The van der Waals surface area contributed by atoms with Crippen LogP contribution in [0.1, 0.15) is 0 Å². The summed E-state index contributed by atoms with van der Waals surface area (Å²) in [7, 11) is 0. The van der Waals surface area contributed by atoms with Crippen molar-refractivity contribution >= 4 is 43.3 Å². The van der Waals surface area contributed by atoms with Crippen LogP contribution in [0.3, 0.4) is 0 Å². The van der Waals surface area contributed by atoms with Crippen LogP contribution < -0.4 is 10.2 Å². The fourth-order valence-electron chi connectivity index (χ4n) is 1.04. The Morgan fingerprint density at radius 1 is 1.20 bits per heavy atom. The van der Waals surface area contributed by atoms with Crippen molar-refractivity contribution in [1.82, 2.24) is 0 Å². The van der Waals surface area contributed by atoms with Gasteiger partial charge in [-0.05, 0) is 44.0 Å². The Labute approximate surface area is 127 Å². The average Bonchev–Trinajstić information content (AvgIpc) is 2.30. The third-order valence-corrected chi connectivity index (χ3v) is 2.99.